The molecular formula is C33H38Cl2N2O4. The summed E-state index contributed by atoms with van der Waals surface area (Å²) in [6.07, 6.45) is 5.73. The molecule has 4 aliphatic rings. The topological polar surface area (TPSA) is 59.1 Å². The van der Waals surface area contributed by atoms with Crippen molar-refractivity contribution < 1.29 is 19.1 Å². The normalized spacial score (nSPS) is 27.7. The Morgan fingerprint density at radius 2 is 2.02 bits per heavy atom. The Bertz CT molecular complexity index is 1390. The molecule has 2 bridgehead atoms. The fourth-order valence-corrected chi connectivity index (χ4v) is 8.62. The van der Waals surface area contributed by atoms with E-state index < -0.39 is 0 Å². The summed E-state index contributed by atoms with van der Waals surface area (Å²) in [7, 11) is 0. The average Bonchev–Trinajstić information content (AvgIpc) is 3.25. The second kappa shape index (κ2) is 10.9. The molecule has 1 amide bonds. The highest BCUT2D eigenvalue weighted by Gasteiger charge is 2.66. The van der Waals surface area contributed by atoms with Gasteiger partial charge < -0.3 is 14.4 Å². The standard InChI is InChI=1S/C33H38Cl2N2O4/c1-5-13-36-14-12-33-23-7-9-26(37(18-19(2)3)30(39)16-21-6-8-24(34)25(35)15-21)32(33)41-29-11-10-28(40-20(4)38)22(31(29)33)17-27(23)36/h5-6,8,10-11,15,19,23,26-27,32H,1,7,9,12-14,16-18H2,2-4H3/t23-,26+,27+,32-,33-/m0/s1. The first kappa shape index (κ1) is 28.6. The zero-order valence-electron chi connectivity index (χ0n) is 24.0. The first-order valence-corrected chi connectivity index (χ1v) is 15.5. The van der Waals surface area contributed by atoms with Crippen molar-refractivity contribution in [2.24, 2.45) is 11.8 Å². The van der Waals surface area contributed by atoms with Crippen LogP contribution >= 0.6 is 23.2 Å². The molecule has 2 aliphatic heterocycles. The van der Waals surface area contributed by atoms with Gasteiger partial charge in [-0.05, 0) is 73.9 Å². The van der Waals surface area contributed by atoms with Crippen molar-refractivity contribution in [2.45, 2.75) is 76.5 Å². The molecule has 6 rings (SSSR count). The van der Waals surface area contributed by atoms with Crippen LogP contribution in [0.15, 0.2) is 43.0 Å². The Hall–Kier alpha value is -2.54. The predicted molar refractivity (Wildman–Crippen MR) is 161 cm³/mol. The number of benzene rings is 2. The van der Waals surface area contributed by atoms with Crippen LogP contribution in [0.25, 0.3) is 0 Å². The minimum atomic E-state index is -0.318. The maximum Gasteiger partial charge on any atom is 0.308 e. The van der Waals surface area contributed by atoms with E-state index in [1.165, 1.54) is 12.5 Å². The third-order valence-electron chi connectivity index (χ3n) is 9.64. The molecule has 2 aliphatic carbocycles. The number of hydrogen-bond donors (Lipinski definition) is 0. The number of carbonyl (C=O) groups is 2. The van der Waals surface area contributed by atoms with Crippen LogP contribution in [0.3, 0.4) is 0 Å². The van der Waals surface area contributed by atoms with E-state index in [0.29, 0.717) is 40.2 Å². The van der Waals surface area contributed by atoms with Gasteiger partial charge in [0.15, 0.2) is 0 Å². The summed E-state index contributed by atoms with van der Waals surface area (Å²) in [5, 5.41) is 0.937. The number of likely N-dealkylation sites (tertiary alicyclic amines) is 1. The lowest BCUT2D eigenvalue weighted by atomic mass is 9.50. The molecule has 2 aromatic carbocycles. The van der Waals surface area contributed by atoms with Crippen molar-refractivity contribution in [2.75, 3.05) is 19.6 Å². The molecule has 41 heavy (non-hydrogen) atoms. The van der Waals surface area contributed by atoms with Crippen molar-refractivity contribution >= 4 is 35.1 Å². The molecule has 218 valence electrons. The lowest BCUT2D eigenvalue weighted by molar-refractivity contribution is -0.143. The fourth-order valence-electron chi connectivity index (χ4n) is 8.30. The van der Waals surface area contributed by atoms with E-state index in [1.807, 2.05) is 24.3 Å². The van der Waals surface area contributed by atoms with E-state index in [2.05, 4.69) is 30.2 Å². The number of hydrogen-bond acceptors (Lipinski definition) is 5. The van der Waals surface area contributed by atoms with Gasteiger partial charge in [-0.1, -0.05) is 49.2 Å². The number of ether oxygens (including phenoxy) is 2. The van der Waals surface area contributed by atoms with Crippen LogP contribution < -0.4 is 9.47 Å². The Labute approximate surface area is 252 Å². The molecule has 2 heterocycles. The number of amides is 1. The van der Waals surface area contributed by atoms with Gasteiger partial charge >= 0.3 is 5.97 Å². The number of piperidine rings is 1. The quantitative estimate of drug-likeness (QED) is 0.205. The minimum absolute atomic E-state index is 0.0638. The van der Waals surface area contributed by atoms with Crippen molar-refractivity contribution in [3.8, 4) is 11.5 Å². The van der Waals surface area contributed by atoms with Crippen molar-refractivity contribution in [1.29, 1.82) is 0 Å². The van der Waals surface area contributed by atoms with E-state index >= 15 is 0 Å². The van der Waals surface area contributed by atoms with E-state index in [4.69, 9.17) is 32.7 Å². The first-order chi connectivity index (χ1) is 19.6. The molecule has 5 atom stereocenters. The molecule has 1 saturated heterocycles. The maximum atomic E-state index is 14.1. The largest absolute Gasteiger partial charge is 0.487 e. The number of esters is 1. The van der Waals surface area contributed by atoms with Gasteiger partial charge in [0.2, 0.25) is 5.91 Å². The highest BCUT2D eigenvalue weighted by atomic mass is 35.5. The summed E-state index contributed by atoms with van der Waals surface area (Å²) < 4.78 is 12.7. The molecule has 8 heteroatoms. The van der Waals surface area contributed by atoms with Crippen LogP contribution in [0, 0.1) is 11.8 Å². The Morgan fingerprint density at radius 1 is 1.22 bits per heavy atom. The summed E-state index contributed by atoms with van der Waals surface area (Å²) in [5.74, 6) is 1.97. The highest BCUT2D eigenvalue weighted by molar-refractivity contribution is 6.42. The van der Waals surface area contributed by atoms with E-state index in [0.717, 1.165) is 55.6 Å². The van der Waals surface area contributed by atoms with Crippen LogP contribution in [-0.4, -0.2) is 59.5 Å². The predicted octanol–water partition coefficient (Wildman–Crippen LogP) is 6.24. The third-order valence-corrected chi connectivity index (χ3v) is 10.4. The molecule has 1 saturated carbocycles. The van der Waals surface area contributed by atoms with Gasteiger partial charge in [-0.25, -0.2) is 0 Å². The van der Waals surface area contributed by atoms with Gasteiger partial charge in [0.1, 0.15) is 17.6 Å². The Kier molecular flexibility index (Phi) is 7.63. The zero-order chi connectivity index (χ0) is 29.1. The molecule has 0 radical (unpaired) electrons. The molecule has 2 aromatic rings. The van der Waals surface area contributed by atoms with E-state index in [-0.39, 0.29) is 35.9 Å². The van der Waals surface area contributed by atoms with Crippen LogP contribution in [-0.2, 0) is 27.8 Å². The summed E-state index contributed by atoms with van der Waals surface area (Å²) in [5.41, 5.74) is 2.92. The number of rotatable bonds is 8. The van der Waals surface area contributed by atoms with Crippen molar-refractivity contribution in [3.63, 3.8) is 0 Å². The van der Waals surface area contributed by atoms with Crippen LogP contribution in [0.5, 0.6) is 11.5 Å². The SMILES string of the molecule is C=CCN1CC[C@@]23c4c5ccc(OC(C)=O)c4C[C@@H]1[C@@H]2CC[C@@H](N(CC(C)C)C(=O)Cc1ccc(Cl)c(Cl)c1)[C@@H]3O5. The lowest BCUT2D eigenvalue weighted by Crippen LogP contribution is -2.69. The third kappa shape index (κ3) is 4.76. The van der Waals surface area contributed by atoms with Gasteiger partial charge in [-0.2, -0.15) is 0 Å². The van der Waals surface area contributed by atoms with Gasteiger partial charge in [-0.15, -0.1) is 6.58 Å². The summed E-state index contributed by atoms with van der Waals surface area (Å²) in [6.45, 7) is 12.2. The molecule has 1 spiro atoms. The number of carbonyl (C=O) groups excluding carboxylic acids is 2. The smallest absolute Gasteiger partial charge is 0.308 e. The number of halogens is 2. The summed E-state index contributed by atoms with van der Waals surface area (Å²) >= 11 is 12.4. The minimum Gasteiger partial charge on any atom is -0.487 e. The van der Waals surface area contributed by atoms with Crippen molar-refractivity contribution in [1.82, 2.24) is 9.80 Å². The van der Waals surface area contributed by atoms with Gasteiger partial charge in [0.25, 0.3) is 0 Å². The Balaban J connectivity index is 1.41. The Morgan fingerprint density at radius 3 is 2.73 bits per heavy atom. The molecule has 2 fully saturated rings. The van der Waals surface area contributed by atoms with E-state index in [9.17, 15) is 9.59 Å². The summed E-state index contributed by atoms with van der Waals surface area (Å²) in [4.78, 5) is 30.7. The van der Waals surface area contributed by atoms with Gasteiger partial charge in [0, 0.05) is 42.6 Å². The fraction of sp³-hybridized carbons (Fsp3) is 0.515. The van der Waals surface area contributed by atoms with Gasteiger partial charge in [0.05, 0.1) is 22.5 Å². The number of nitrogens with zero attached hydrogens (tertiary/aromatic N) is 2. The molecule has 6 nitrogen and oxygen atoms in total. The molecular weight excluding hydrogens is 559 g/mol. The van der Waals surface area contributed by atoms with E-state index in [1.54, 1.807) is 12.1 Å². The monoisotopic (exact) mass is 596 g/mol. The van der Waals surface area contributed by atoms with Gasteiger partial charge in [-0.3, -0.25) is 14.5 Å². The van der Waals surface area contributed by atoms with Crippen LogP contribution in [0.1, 0.15) is 56.7 Å². The zero-order valence-corrected chi connectivity index (χ0v) is 25.5. The highest BCUT2D eigenvalue weighted by Crippen LogP contribution is 2.64. The second-order valence-electron chi connectivity index (χ2n) is 12.5. The molecule has 0 N–H and O–H groups in total. The van der Waals surface area contributed by atoms with Crippen LogP contribution in [0.4, 0.5) is 0 Å². The lowest BCUT2D eigenvalue weighted by Gasteiger charge is -2.60. The summed E-state index contributed by atoms with van der Waals surface area (Å²) in [6, 6.07) is 9.51. The second-order valence-corrected chi connectivity index (χ2v) is 13.3. The average molecular weight is 598 g/mol. The first-order valence-electron chi connectivity index (χ1n) is 14.7. The molecule has 0 aromatic heterocycles. The van der Waals surface area contributed by atoms with Crippen molar-refractivity contribution in [3.05, 3.63) is 69.7 Å². The molecule has 0 unspecified atom stereocenters. The maximum absolute atomic E-state index is 14.1. The van der Waals surface area contributed by atoms with Crippen LogP contribution in [0.2, 0.25) is 10.0 Å².